The highest BCUT2D eigenvalue weighted by Gasteiger charge is 2.05. The van der Waals surface area contributed by atoms with Crippen LogP contribution >= 0.6 is 11.3 Å². The van der Waals surface area contributed by atoms with Crippen LogP contribution < -0.4 is 0 Å². The number of hydrogen-bond acceptors (Lipinski definition) is 1. The molecule has 0 aliphatic rings. The average Bonchev–Trinajstić information content (AvgIpc) is 3.08. The highest BCUT2D eigenvalue weighted by Crippen LogP contribution is 2.30. The Bertz CT molecular complexity index is 500. The van der Waals surface area contributed by atoms with Crippen molar-refractivity contribution in [1.82, 2.24) is 0 Å². The van der Waals surface area contributed by atoms with Crippen molar-refractivity contribution in [3.63, 3.8) is 0 Å². The van der Waals surface area contributed by atoms with E-state index >= 15 is 0 Å². The first-order chi connectivity index (χ1) is 11.3. The Morgan fingerprint density at radius 2 is 1.13 bits per heavy atom. The van der Waals surface area contributed by atoms with Gasteiger partial charge in [-0.1, -0.05) is 89.5 Å². The molecule has 0 atom stereocenters. The predicted octanol–water partition coefficient (Wildman–Crippen LogP) is 8.09. The molecule has 0 amide bonds. The molecule has 0 saturated carbocycles. The monoisotopic (exact) mass is 328 g/mol. The molecule has 0 radical (unpaired) electrons. The fraction of sp³-hybridized carbons (Fsp3) is 0.273. The van der Waals surface area contributed by atoms with Gasteiger partial charge in [0.15, 0.2) is 0 Å². The van der Waals surface area contributed by atoms with Crippen molar-refractivity contribution >= 4 is 22.5 Å². The van der Waals surface area contributed by atoms with Crippen molar-refractivity contribution in [3.05, 3.63) is 83.7 Å². The molecule has 126 valence electrons. The van der Waals surface area contributed by atoms with Gasteiger partial charge in [0.25, 0.3) is 0 Å². The third kappa shape index (κ3) is 9.00. The molecule has 0 N–H and O–H groups in total. The van der Waals surface area contributed by atoms with Gasteiger partial charge in [0.05, 0.1) is 0 Å². The van der Waals surface area contributed by atoms with Crippen LogP contribution in [0, 0.1) is 0 Å². The quantitative estimate of drug-likeness (QED) is 0.463. The van der Waals surface area contributed by atoms with Crippen molar-refractivity contribution in [1.29, 1.82) is 0 Å². The molecule has 1 rings (SSSR count). The minimum atomic E-state index is 1.19. The summed E-state index contributed by atoms with van der Waals surface area (Å²) in [6, 6.07) is 4.30. The van der Waals surface area contributed by atoms with Crippen molar-refractivity contribution < 1.29 is 0 Å². The first-order valence-electron chi connectivity index (χ1n) is 8.28. The van der Waals surface area contributed by atoms with Gasteiger partial charge in [-0.05, 0) is 37.1 Å². The summed E-state index contributed by atoms with van der Waals surface area (Å²) < 4.78 is 0. The van der Waals surface area contributed by atoms with Gasteiger partial charge in [-0.15, -0.1) is 11.3 Å². The van der Waals surface area contributed by atoms with E-state index in [-0.39, 0.29) is 0 Å². The van der Waals surface area contributed by atoms with Crippen LogP contribution in [0.15, 0.2) is 73.9 Å². The molecular formula is C22H32S. The van der Waals surface area contributed by atoms with Gasteiger partial charge in [0.2, 0.25) is 0 Å². The van der Waals surface area contributed by atoms with Crippen molar-refractivity contribution in [2.75, 3.05) is 0 Å². The van der Waals surface area contributed by atoms with E-state index < -0.39 is 0 Å². The molecule has 0 aromatic carbocycles. The molecule has 0 spiro atoms. The third-order valence-corrected chi connectivity index (χ3v) is 3.65. The summed E-state index contributed by atoms with van der Waals surface area (Å²) >= 11 is 1.77. The van der Waals surface area contributed by atoms with Crippen LogP contribution in [0.3, 0.4) is 0 Å². The first-order valence-corrected chi connectivity index (χ1v) is 9.09. The number of rotatable bonds is 6. The predicted molar refractivity (Wildman–Crippen MR) is 113 cm³/mol. The Kier molecular flexibility index (Phi) is 16.8. The van der Waals surface area contributed by atoms with Crippen LogP contribution in [-0.4, -0.2) is 0 Å². The Balaban J connectivity index is 0. The molecule has 0 saturated heterocycles. The summed E-state index contributed by atoms with van der Waals surface area (Å²) in [6.45, 7) is 19.6. The minimum Gasteiger partial charge on any atom is -0.135 e. The van der Waals surface area contributed by atoms with E-state index in [0.29, 0.717) is 0 Å². The van der Waals surface area contributed by atoms with E-state index in [1.54, 1.807) is 11.3 Å². The maximum Gasteiger partial charge on any atom is 0.0349 e. The van der Waals surface area contributed by atoms with E-state index in [1.807, 2.05) is 78.0 Å². The Morgan fingerprint density at radius 1 is 0.783 bits per heavy atom. The van der Waals surface area contributed by atoms with Gasteiger partial charge in [-0.2, -0.15) is 0 Å². The molecule has 0 bridgehead atoms. The summed E-state index contributed by atoms with van der Waals surface area (Å²) in [5, 5.41) is 0. The topological polar surface area (TPSA) is 0 Å². The summed E-state index contributed by atoms with van der Waals surface area (Å²) in [4.78, 5) is 2.49. The van der Waals surface area contributed by atoms with E-state index in [4.69, 9.17) is 0 Å². The van der Waals surface area contributed by atoms with E-state index in [0.717, 1.165) is 0 Å². The molecule has 1 heterocycles. The fourth-order valence-corrected chi connectivity index (χ4v) is 2.72. The molecule has 1 aromatic heterocycles. The number of allylic oxidation sites excluding steroid dienone is 10. The van der Waals surface area contributed by atoms with Crippen LogP contribution in [-0.2, 0) is 0 Å². The van der Waals surface area contributed by atoms with Crippen molar-refractivity contribution in [2.45, 2.75) is 41.5 Å². The van der Waals surface area contributed by atoms with Gasteiger partial charge in [-0.3, -0.25) is 0 Å². The summed E-state index contributed by atoms with van der Waals surface area (Å²) in [7, 11) is 0. The molecule has 1 heteroatoms. The highest BCUT2D eigenvalue weighted by atomic mass is 32.1. The van der Waals surface area contributed by atoms with Crippen molar-refractivity contribution in [2.24, 2.45) is 0 Å². The maximum atomic E-state index is 3.77. The maximum absolute atomic E-state index is 3.77. The lowest BCUT2D eigenvalue weighted by atomic mass is 10.1. The molecule has 0 aliphatic heterocycles. The largest absolute Gasteiger partial charge is 0.135 e. The number of hydrogen-bond donors (Lipinski definition) is 0. The average molecular weight is 329 g/mol. The zero-order valence-corrected chi connectivity index (χ0v) is 16.4. The lowest BCUT2D eigenvalue weighted by Gasteiger charge is -1.98. The van der Waals surface area contributed by atoms with Crippen LogP contribution in [0.5, 0.6) is 0 Å². The van der Waals surface area contributed by atoms with Crippen LogP contribution in [0.1, 0.15) is 51.3 Å². The SMILES string of the molecule is C=C/C=C(\C=C/C)c1ccc(C(/C=C\C)=C/C=C)s1.CC.CC. The molecule has 1 aromatic rings. The molecule has 0 fully saturated rings. The van der Waals surface area contributed by atoms with Gasteiger partial charge < -0.3 is 0 Å². The van der Waals surface area contributed by atoms with Crippen LogP contribution in [0.4, 0.5) is 0 Å². The smallest absolute Gasteiger partial charge is 0.0349 e. The second kappa shape index (κ2) is 16.5. The number of thiophene rings is 1. The second-order valence-corrected chi connectivity index (χ2v) is 4.96. The molecule has 0 nitrogen and oxygen atoms in total. The van der Waals surface area contributed by atoms with Crippen LogP contribution in [0.2, 0.25) is 0 Å². The first kappa shape index (κ1) is 23.4. The molecular weight excluding hydrogens is 296 g/mol. The van der Waals surface area contributed by atoms with Crippen LogP contribution in [0.25, 0.3) is 11.1 Å². The van der Waals surface area contributed by atoms with E-state index in [9.17, 15) is 0 Å². The zero-order valence-electron chi connectivity index (χ0n) is 15.6. The molecule has 0 aliphatic carbocycles. The summed E-state index contributed by atoms with van der Waals surface area (Å²) in [5.41, 5.74) is 2.37. The van der Waals surface area contributed by atoms with Crippen molar-refractivity contribution in [3.8, 4) is 0 Å². The standard InChI is InChI=1S/C18H20S.2C2H6/c1-5-9-15(10-6-2)17-13-14-18(19-17)16(11-7-3)12-8-4;2*1-2/h5-14H,1,3H2,2,4H3;2*1-2H3/b10-6-,12-8-,15-9+,16-11+;;. The molecule has 23 heavy (non-hydrogen) atoms. The van der Waals surface area contributed by atoms with Gasteiger partial charge in [-0.25, -0.2) is 0 Å². The minimum absolute atomic E-state index is 1.19. The van der Waals surface area contributed by atoms with Gasteiger partial charge in [0, 0.05) is 9.75 Å². The Hall–Kier alpha value is -1.86. The molecule has 0 unspecified atom stereocenters. The second-order valence-electron chi connectivity index (χ2n) is 3.88. The third-order valence-electron chi connectivity index (χ3n) is 2.46. The van der Waals surface area contributed by atoms with E-state index in [2.05, 4.69) is 37.4 Å². The summed E-state index contributed by atoms with van der Waals surface area (Å²) in [6.07, 6.45) is 16.0. The normalized spacial score (nSPS) is 11.6. The lowest BCUT2D eigenvalue weighted by molar-refractivity contribution is 1.50. The summed E-state index contributed by atoms with van der Waals surface area (Å²) in [5.74, 6) is 0. The Morgan fingerprint density at radius 3 is 1.39 bits per heavy atom. The van der Waals surface area contributed by atoms with Gasteiger partial charge >= 0.3 is 0 Å². The zero-order chi connectivity index (χ0) is 18.1. The van der Waals surface area contributed by atoms with Gasteiger partial charge in [0.1, 0.15) is 0 Å². The highest BCUT2D eigenvalue weighted by molar-refractivity contribution is 7.14. The van der Waals surface area contributed by atoms with E-state index in [1.165, 1.54) is 20.9 Å². The Labute approximate surface area is 148 Å². The lowest BCUT2D eigenvalue weighted by Crippen LogP contribution is -1.73. The fourth-order valence-electron chi connectivity index (χ4n) is 1.70.